The van der Waals surface area contributed by atoms with Gasteiger partial charge in [-0.2, -0.15) is 0 Å². The molecule has 0 saturated carbocycles. The van der Waals surface area contributed by atoms with E-state index < -0.39 is 0 Å². The zero-order valence-electron chi connectivity index (χ0n) is 11.9. The van der Waals surface area contributed by atoms with Crippen LogP contribution in [0.2, 0.25) is 0 Å². The van der Waals surface area contributed by atoms with Crippen LogP contribution in [0.15, 0.2) is 30.3 Å². The van der Waals surface area contributed by atoms with E-state index in [1.807, 2.05) is 18.2 Å². The molecule has 3 N–H and O–H groups in total. The summed E-state index contributed by atoms with van der Waals surface area (Å²) in [6.07, 6.45) is 5.93. The first kappa shape index (κ1) is 15.7. The van der Waals surface area contributed by atoms with Crippen LogP contribution in [-0.2, 0) is 11.2 Å². The molecule has 0 radical (unpaired) electrons. The highest BCUT2D eigenvalue weighted by Crippen LogP contribution is 2.05. The van der Waals surface area contributed by atoms with Crippen LogP contribution in [0.25, 0.3) is 0 Å². The van der Waals surface area contributed by atoms with Crippen molar-refractivity contribution >= 4 is 5.91 Å². The van der Waals surface area contributed by atoms with E-state index in [4.69, 9.17) is 5.73 Å². The first-order valence-corrected chi connectivity index (χ1v) is 7.29. The van der Waals surface area contributed by atoms with Crippen molar-refractivity contribution in [3.05, 3.63) is 35.9 Å². The van der Waals surface area contributed by atoms with Crippen molar-refractivity contribution in [2.45, 2.75) is 51.5 Å². The fourth-order valence-corrected chi connectivity index (χ4v) is 2.10. The maximum Gasteiger partial charge on any atom is 0.220 e. The smallest absolute Gasteiger partial charge is 0.220 e. The lowest BCUT2D eigenvalue weighted by molar-refractivity contribution is -0.121. The number of carbonyl (C=O) groups excluding carboxylic acids is 1. The number of nitrogens with two attached hydrogens (primary N) is 1. The molecule has 0 saturated heterocycles. The van der Waals surface area contributed by atoms with Gasteiger partial charge >= 0.3 is 0 Å². The molecule has 0 spiro atoms. The standard InChI is InChI=1S/C16H26N2O/c1-2-3-4-8-11-16(19)18-15(13-17)12-14-9-6-5-7-10-14/h5-7,9-10,15H,2-4,8,11-13,17H2,1H3,(H,18,19). The summed E-state index contributed by atoms with van der Waals surface area (Å²) < 4.78 is 0. The molecule has 106 valence electrons. The largest absolute Gasteiger partial charge is 0.352 e. The highest BCUT2D eigenvalue weighted by atomic mass is 16.1. The topological polar surface area (TPSA) is 55.1 Å². The number of amides is 1. The van der Waals surface area contributed by atoms with Gasteiger partial charge in [-0.15, -0.1) is 0 Å². The lowest BCUT2D eigenvalue weighted by Crippen LogP contribution is -2.41. The maximum atomic E-state index is 11.8. The Labute approximate surface area is 116 Å². The van der Waals surface area contributed by atoms with E-state index in [-0.39, 0.29) is 11.9 Å². The number of unbranched alkanes of at least 4 members (excludes halogenated alkanes) is 3. The van der Waals surface area contributed by atoms with E-state index in [1.165, 1.54) is 18.4 Å². The molecule has 0 aliphatic heterocycles. The van der Waals surface area contributed by atoms with E-state index in [9.17, 15) is 4.79 Å². The van der Waals surface area contributed by atoms with E-state index >= 15 is 0 Å². The summed E-state index contributed by atoms with van der Waals surface area (Å²) >= 11 is 0. The van der Waals surface area contributed by atoms with Crippen molar-refractivity contribution in [2.75, 3.05) is 6.54 Å². The predicted octanol–water partition coefficient (Wildman–Crippen LogP) is 2.64. The zero-order valence-corrected chi connectivity index (χ0v) is 11.9. The average Bonchev–Trinajstić information content (AvgIpc) is 2.44. The molecular weight excluding hydrogens is 236 g/mol. The minimum Gasteiger partial charge on any atom is -0.352 e. The summed E-state index contributed by atoms with van der Waals surface area (Å²) in [5, 5.41) is 3.03. The lowest BCUT2D eigenvalue weighted by Gasteiger charge is -2.17. The maximum absolute atomic E-state index is 11.8. The molecule has 1 rings (SSSR count). The van der Waals surface area contributed by atoms with Crippen molar-refractivity contribution in [1.29, 1.82) is 0 Å². The van der Waals surface area contributed by atoms with Gasteiger partial charge in [0.2, 0.25) is 5.91 Å². The summed E-state index contributed by atoms with van der Waals surface area (Å²) in [5.74, 6) is 0.127. The highest BCUT2D eigenvalue weighted by molar-refractivity contribution is 5.76. The summed E-state index contributed by atoms with van der Waals surface area (Å²) in [6, 6.07) is 10.2. The first-order chi connectivity index (χ1) is 9.26. The van der Waals surface area contributed by atoms with Gasteiger partial charge < -0.3 is 11.1 Å². The van der Waals surface area contributed by atoms with Gasteiger partial charge in [0, 0.05) is 19.0 Å². The normalized spacial score (nSPS) is 12.1. The fraction of sp³-hybridized carbons (Fsp3) is 0.562. The molecule has 0 aliphatic carbocycles. The quantitative estimate of drug-likeness (QED) is 0.672. The van der Waals surface area contributed by atoms with Crippen molar-refractivity contribution in [1.82, 2.24) is 5.32 Å². The number of hydrogen-bond donors (Lipinski definition) is 2. The van der Waals surface area contributed by atoms with Gasteiger partial charge in [0.25, 0.3) is 0 Å². The molecule has 0 heterocycles. The van der Waals surface area contributed by atoms with E-state index in [0.717, 1.165) is 19.3 Å². The third-order valence-corrected chi connectivity index (χ3v) is 3.23. The number of hydrogen-bond acceptors (Lipinski definition) is 2. The molecule has 19 heavy (non-hydrogen) atoms. The molecule has 0 bridgehead atoms. The third-order valence-electron chi connectivity index (χ3n) is 3.23. The SMILES string of the molecule is CCCCCCC(=O)NC(CN)Cc1ccccc1. The Bertz CT molecular complexity index is 351. The molecule has 0 aliphatic rings. The van der Waals surface area contributed by atoms with Crippen molar-refractivity contribution in [3.8, 4) is 0 Å². The van der Waals surface area contributed by atoms with Gasteiger partial charge in [-0.25, -0.2) is 0 Å². The van der Waals surface area contributed by atoms with Gasteiger partial charge in [0.05, 0.1) is 0 Å². The first-order valence-electron chi connectivity index (χ1n) is 7.29. The second kappa shape index (κ2) is 9.56. The Morgan fingerprint density at radius 3 is 2.58 bits per heavy atom. The molecule has 1 amide bonds. The van der Waals surface area contributed by atoms with Crippen LogP contribution >= 0.6 is 0 Å². The summed E-state index contributed by atoms with van der Waals surface area (Å²) in [5.41, 5.74) is 6.94. The van der Waals surface area contributed by atoms with Crippen LogP contribution in [0.5, 0.6) is 0 Å². The van der Waals surface area contributed by atoms with Crippen molar-refractivity contribution in [3.63, 3.8) is 0 Å². The number of rotatable bonds is 9. The molecule has 3 heteroatoms. The number of carbonyl (C=O) groups is 1. The fourth-order valence-electron chi connectivity index (χ4n) is 2.10. The van der Waals surface area contributed by atoms with E-state index in [2.05, 4.69) is 24.4 Å². The lowest BCUT2D eigenvalue weighted by atomic mass is 10.1. The number of benzene rings is 1. The van der Waals surface area contributed by atoms with Gasteiger partial charge in [-0.05, 0) is 18.4 Å². The minimum absolute atomic E-state index is 0.0427. The zero-order chi connectivity index (χ0) is 13.9. The molecule has 1 atom stereocenters. The molecule has 1 unspecified atom stereocenters. The van der Waals surface area contributed by atoms with Crippen LogP contribution in [0.1, 0.15) is 44.6 Å². The minimum atomic E-state index is 0.0427. The molecule has 1 aromatic carbocycles. The number of nitrogens with one attached hydrogen (secondary N) is 1. The molecule has 1 aromatic rings. The Kier molecular flexibility index (Phi) is 7.91. The summed E-state index contributed by atoms with van der Waals surface area (Å²) in [7, 11) is 0. The Hall–Kier alpha value is -1.35. The van der Waals surface area contributed by atoms with Crippen LogP contribution < -0.4 is 11.1 Å². The van der Waals surface area contributed by atoms with Crippen LogP contribution in [0.4, 0.5) is 0 Å². The predicted molar refractivity (Wildman–Crippen MR) is 79.9 cm³/mol. The molecular formula is C16H26N2O. The Morgan fingerprint density at radius 1 is 1.21 bits per heavy atom. The van der Waals surface area contributed by atoms with Crippen LogP contribution in [-0.4, -0.2) is 18.5 Å². The second-order valence-corrected chi connectivity index (χ2v) is 5.00. The average molecular weight is 262 g/mol. The van der Waals surface area contributed by atoms with Crippen LogP contribution in [0.3, 0.4) is 0 Å². The van der Waals surface area contributed by atoms with Gasteiger partial charge in [-0.3, -0.25) is 4.79 Å². The Balaban J connectivity index is 2.29. The second-order valence-electron chi connectivity index (χ2n) is 5.00. The molecule has 3 nitrogen and oxygen atoms in total. The molecule has 0 fully saturated rings. The monoisotopic (exact) mass is 262 g/mol. The third kappa shape index (κ3) is 6.97. The van der Waals surface area contributed by atoms with Gasteiger partial charge in [0.1, 0.15) is 0 Å². The van der Waals surface area contributed by atoms with E-state index in [1.54, 1.807) is 0 Å². The van der Waals surface area contributed by atoms with Crippen molar-refractivity contribution in [2.24, 2.45) is 5.73 Å². The van der Waals surface area contributed by atoms with Crippen molar-refractivity contribution < 1.29 is 4.79 Å². The van der Waals surface area contributed by atoms with Crippen LogP contribution in [0, 0.1) is 0 Å². The summed E-state index contributed by atoms with van der Waals surface area (Å²) in [4.78, 5) is 11.8. The van der Waals surface area contributed by atoms with Gasteiger partial charge in [0.15, 0.2) is 0 Å². The van der Waals surface area contributed by atoms with Gasteiger partial charge in [-0.1, -0.05) is 56.5 Å². The summed E-state index contributed by atoms with van der Waals surface area (Å²) in [6.45, 7) is 2.65. The highest BCUT2D eigenvalue weighted by Gasteiger charge is 2.10. The Morgan fingerprint density at radius 2 is 1.95 bits per heavy atom. The molecule has 0 aromatic heterocycles. The van der Waals surface area contributed by atoms with E-state index in [0.29, 0.717) is 13.0 Å².